The van der Waals surface area contributed by atoms with Crippen LogP contribution in [0.25, 0.3) is 22.4 Å². The summed E-state index contributed by atoms with van der Waals surface area (Å²) in [7, 11) is -2.40. The molecule has 0 bridgehead atoms. The first kappa shape index (κ1) is 25.5. The molecule has 4 aromatic heterocycles. The molecule has 0 aliphatic rings. The molecule has 192 valence electrons. The van der Waals surface area contributed by atoms with E-state index >= 15 is 0 Å². The highest BCUT2D eigenvalue weighted by Gasteiger charge is 2.24. The largest absolute Gasteiger partial charge is 0.477 e. The van der Waals surface area contributed by atoms with Crippen molar-refractivity contribution in [1.82, 2.24) is 29.7 Å². The van der Waals surface area contributed by atoms with E-state index in [4.69, 9.17) is 9.15 Å². The highest BCUT2D eigenvalue weighted by atomic mass is 32.2. The number of hydrogen-bond acceptors (Lipinski definition) is 10. The molecule has 0 amide bonds. The molecule has 0 aromatic carbocycles. The van der Waals surface area contributed by atoms with E-state index in [0.717, 1.165) is 0 Å². The first-order valence-corrected chi connectivity index (χ1v) is 12.7. The Morgan fingerprint density at radius 1 is 1.11 bits per heavy atom. The predicted molar refractivity (Wildman–Crippen MR) is 132 cm³/mol. The van der Waals surface area contributed by atoms with Gasteiger partial charge in [-0.2, -0.15) is 10.1 Å². The maximum Gasteiger partial charge on any atom is 0.267 e. The van der Waals surface area contributed by atoms with Crippen molar-refractivity contribution < 1.29 is 22.7 Å². The SMILES string of the molecule is Cn1cc(S(=O)(=O)Nc2nc(OCCC(C)(C)O)cc(-c3cncc4nc(C(C)(C)C)oc34)n2)cn1. The Balaban J connectivity index is 1.78. The number of sulfonamides is 1. The Kier molecular flexibility index (Phi) is 6.47. The minimum Gasteiger partial charge on any atom is -0.477 e. The normalized spacial score (nSPS) is 12.8. The second kappa shape index (κ2) is 9.13. The van der Waals surface area contributed by atoms with Gasteiger partial charge in [-0.3, -0.25) is 9.67 Å². The molecule has 0 unspecified atom stereocenters. The highest BCUT2D eigenvalue weighted by Crippen LogP contribution is 2.33. The van der Waals surface area contributed by atoms with Gasteiger partial charge in [0, 0.05) is 37.3 Å². The van der Waals surface area contributed by atoms with Crippen LogP contribution in [-0.4, -0.2) is 55.4 Å². The Hall–Kier alpha value is -3.58. The zero-order valence-corrected chi connectivity index (χ0v) is 21.8. The van der Waals surface area contributed by atoms with E-state index in [1.54, 1.807) is 39.4 Å². The number of hydrogen-bond donors (Lipinski definition) is 2. The van der Waals surface area contributed by atoms with Crippen molar-refractivity contribution in [2.45, 2.75) is 57.0 Å². The third kappa shape index (κ3) is 5.79. The van der Waals surface area contributed by atoms with E-state index in [-0.39, 0.29) is 28.7 Å². The molecule has 0 aliphatic heterocycles. The number of ether oxygens (including phenoxy) is 1. The second-order valence-corrected chi connectivity index (χ2v) is 11.8. The number of fused-ring (bicyclic) bond motifs is 1. The fourth-order valence-corrected chi connectivity index (χ4v) is 4.09. The Labute approximate surface area is 208 Å². The number of nitrogens with one attached hydrogen (secondary N) is 1. The van der Waals surface area contributed by atoms with Gasteiger partial charge in [-0.15, -0.1) is 0 Å². The smallest absolute Gasteiger partial charge is 0.267 e. The lowest BCUT2D eigenvalue weighted by Crippen LogP contribution is -2.22. The van der Waals surface area contributed by atoms with Crippen molar-refractivity contribution >= 4 is 27.1 Å². The molecule has 13 heteroatoms. The summed E-state index contributed by atoms with van der Waals surface area (Å²) in [6.07, 6.45) is 6.06. The first-order chi connectivity index (χ1) is 16.7. The van der Waals surface area contributed by atoms with Crippen LogP contribution in [0.5, 0.6) is 5.88 Å². The molecular formula is C23H29N7O5S. The summed E-state index contributed by atoms with van der Waals surface area (Å²) >= 11 is 0. The number of aliphatic hydroxyl groups is 1. The molecule has 0 saturated carbocycles. The number of anilines is 1. The van der Waals surface area contributed by atoms with E-state index in [1.807, 2.05) is 20.8 Å². The number of oxazole rings is 1. The molecule has 0 saturated heterocycles. The summed E-state index contributed by atoms with van der Waals surface area (Å²) in [5, 5.41) is 13.9. The minimum atomic E-state index is -4.01. The monoisotopic (exact) mass is 515 g/mol. The summed E-state index contributed by atoms with van der Waals surface area (Å²) in [5.74, 6) is 0.433. The van der Waals surface area contributed by atoms with Crippen LogP contribution >= 0.6 is 0 Å². The maximum absolute atomic E-state index is 12.9. The summed E-state index contributed by atoms with van der Waals surface area (Å²) in [4.78, 5) is 17.4. The van der Waals surface area contributed by atoms with Gasteiger partial charge >= 0.3 is 0 Å². The predicted octanol–water partition coefficient (Wildman–Crippen LogP) is 3.05. The molecule has 4 rings (SSSR count). The summed E-state index contributed by atoms with van der Waals surface area (Å²) in [5.41, 5.74) is 0.529. The quantitative estimate of drug-likeness (QED) is 0.357. The lowest BCUT2D eigenvalue weighted by atomic mass is 9.97. The van der Waals surface area contributed by atoms with E-state index in [9.17, 15) is 13.5 Å². The van der Waals surface area contributed by atoms with Crippen molar-refractivity contribution in [2.75, 3.05) is 11.3 Å². The molecule has 4 aromatic rings. The molecule has 2 N–H and O–H groups in total. The van der Waals surface area contributed by atoms with Crippen LogP contribution in [0.1, 0.15) is 46.9 Å². The van der Waals surface area contributed by atoms with Crippen LogP contribution in [0.2, 0.25) is 0 Å². The van der Waals surface area contributed by atoms with E-state index in [2.05, 4.69) is 29.8 Å². The van der Waals surface area contributed by atoms with E-state index in [0.29, 0.717) is 34.7 Å². The van der Waals surface area contributed by atoms with Crippen molar-refractivity contribution in [1.29, 1.82) is 0 Å². The van der Waals surface area contributed by atoms with Gasteiger partial charge < -0.3 is 14.3 Å². The second-order valence-electron chi connectivity index (χ2n) is 10.1. The first-order valence-electron chi connectivity index (χ1n) is 11.2. The van der Waals surface area contributed by atoms with E-state index < -0.39 is 15.6 Å². The maximum atomic E-state index is 12.9. The van der Waals surface area contributed by atoms with Crippen LogP contribution in [-0.2, 0) is 22.5 Å². The zero-order valence-electron chi connectivity index (χ0n) is 21.0. The van der Waals surface area contributed by atoms with Crippen molar-refractivity contribution in [3.8, 4) is 17.1 Å². The van der Waals surface area contributed by atoms with Crippen molar-refractivity contribution in [2.24, 2.45) is 7.05 Å². The van der Waals surface area contributed by atoms with Crippen LogP contribution < -0.4 is 9.46 Å². The van der Waals surface area contributed by atoms with Gasteiger partial charge in [0.25, 0.3) is 10.0 Å². The third-order valence-corrected chi connectivity index (χ3v) is 6.38. The Morgan fingerprint density at radius 3 is 2.50 bits per heavy atom. The van der Waals surface area contributed by atoms with Crippen LogP contribution in [0.3, 0.4) is 0 Å². The minimum absolute atomic E-state index is 0.0441. The fraction of sp³-hybridized carbons (Fsp3) is 0.435. The average Bonchev–Trinajstić information content (AvgIpc) is 3.39. The average molecular weight is 516 g/mol. The molecule has 0 atom stereocenters. The number of rotatable bonds is 8. The number of aromatic nitrogens is 6. The Bertz CT molecular complexity index is 1500. The van der Waals surface area contributed by atoms with Gasteiger partial charge in [-0.05, 0) is 13.8 Å². The summed E-state index contributed by atoms with van der Waals surface area (Å²) in [6.45, 7) is 9.42. The molecule has 0 fully saturated rings. The molecule has 12 nitrogen and oxygen atoms in total. The van der Waals surface area contributed by atoms with Gasteiger partial charge in [0.2, 0.25) is 17.7 Å². The highest BCUT2D eigenvalue weighted by molar-refractivity contribution is 7.92. The van der Waals surface area contributed by atoms with Crippen LogP contribution in [0.15, 0.2) is 40.2 Å². The summed E-state index contributed by atoms with van der Waals surface area (Å²) < 4.78 is 41.3. The molecule has 0 aliphatic carbocycles. The topological polar surface area (TPSA) is 158 Å². The van der Waals surface area contributed by atoms with Gasteiger partial charge in [0.05, 0.1) is 35.9 Å². The van der Waals surface area contributed by atoms with Crippen LogP contribution in [0.4, 0.5) is 5.95 Å². The number of aryl methyl sites for hydroxylation is 1. The lowest BCUT2D eigenvalue weighted by Gasteiger charge is -2.17. The van der Waals surface area contributed by atoms with Crippen molar-refractivity contribution in [3.63, 3.8) is 0 Å². The van der Waals surface area contributed by atoms with Gasteiger partial charge in [-0.25, -0.2) is 23.1 Å². The fourth-order valence-electron chi connectivity index (χ4n) is 3.16. The van der Waals surface area contributed by atoms with E-state index in [1.165, 1.54) is 17.1 Å². The zero-order chi connectivity index (χ0) is 26.3. The standard InChI is InChI=1S/C23H29N7O5S/c1-22(2,3)20-26-17-12-24-11-15(19(17)35-20)16-9-18(34-8-7-23(4,5)31)28-21(27-16)29-36(32,33)14-10-25-30(6)13-14/h9-13,31H,7-8H2,1-6H3,(H,27,28,29). The van der Waals surface area contributed by atoms with Gasteiger partial charge in [0.15, 0.2) is 5.58 Å². The third-order valence-electron chi connectivity index (χ3n) is 5.10. The molecular weight excluding hydrogens is 486 g/mol. The molecule has 4 heterocycles. The molecule has 0 radical (unpaired) electrons. The lowest BCUT2D eigenvalue weighted by molar-refractivity contribution is 0.0547. The Morgan fingerprint density at radius 2 is 1.86 bits per heavy atom. The molecule has 36 heavy (non-hydrogen) atoms. The number of pyridine rings is 1. The van der Waals surface area contributed by atoms with Gasteiger partial charge in [-0.1, -0.05) is 20.8 Å². The van der Waals surface area contributed by atoms with Gasteiger partial charge in [0.1, 0.15) is 10.4 Å². The molecule has 0 spiro atoms. The number of nitrogens with zero attached hydrogens (tertiary/aromatic N) is 6. The van der Waals surface area contributed by atoms with Crippen LogP contribution in [0, 0.1) is 0 Å². The summed E-state index contributed by atoms with van der Waals surface area (Å²) in [6, 6.07) is 1.56. The van der Waals surface area contributed by atoms with Crippen molar-refractivity contribution in [3.05, 3.63) is 36.7 Å².